The van der Waals surface area contributed by atoms with Gasteiger partial charge in [-0.3, -0.25) is 0 Å². The van der Waals surface area contributed by atoms with E-state index in [2.05, 4.69) is 13.0 Å². The van der Waals surface area contributed by atoms with Crippen molar-refractivity contribution >= 4 is 0 Å². The lowest BCUT2D eigenvalue weighted by molar-refractivity contribution is 0.839. The van der Waals surface area contributed by atoms with Crippen LogP contribution >= 0.6 is 0 Å². The summed E-state index contributed by atoms with van der Waals surface area (Å²) in [4.78, 5) is 0. The molecular formula is C11H12N. The third-order valence-electron chi connectivity index (χ3n) is 1.83. The lowest BCUT2D eigenvalue weighted by Gasteiger charge is -2.00. The van der Waals surface area contributed by atoms with Crippen LogP contribution in [-0.2, 0) is 6.42 Å². The summed E-state index contributed by atoms with van der Waals surface area (Å²) >= 11 is 0. The van der Waals surface area contributed by atoms with Crippen molar-refractivity contribution < 1.29 is 0 Å². The van der Waals surface area contributed by atoms with Crippen LogP contribution in [-0.4, -0.2) is 0 Å². The largest absolute Gasteiger partial charge is 0.192 e. The number of aryl methyl sites for hydroxylation is 1. The van der Waals surface area contributed by atoms with Gasteiger partial charge in [0.2, 0.25) is 0 Å². The number of benzene rings is 1. The molecule has 0 saturated carbocycles. The number of hydrogen-bond acceptors (Lipinski definition) is 1. The third kappa shape index (κ3) is 2.10. The Kier molecular flexibility index (Phi) is 3.35. The van der Waals surface area contributed by atoms with E-state index in [1.807, 2.05) is 24.3 Å². The summed E-state index contributed by atoms with van der Waals surface area (Å²) < 4.78 is 0. The van der Waals surface area contributed by atoms with E-state index >= 15 is 0 Å². The van der Waals surface area contributed by atoms with Gasteiger partial charge >= 0.3 is 0 Å². The smallest absolute Gasteiger partial charge is 0.0994 e. The van der Waals surface area contributed by atoms with E-state index in [-0.39, 0.29) is 0 Å². The van der Waals surface area contributed by atoms with Crippen molar-refractivity contribution in [3.63, 3.8) is 0 Å². The lowest BCUT2D eigenvalue weighted by atomic mass is 10.0. The van der Waals surface area contributed by atoms with Crippen molar-refractivity contribution in [1.82, 2.24) is 0 Å². The van der Waals surface area contributed by atoms with Gasteiger partial charge in [0, 0.05) is 0 Å². The highest BCUT2D eigenvalue weighted by atomic mass is 14.2. The molecule has 0 unspecified atom stereocenters. The fourth-order valence-electron chi connectivity index (χ4n) is 1.16. The number of unbranched alkanes of at least 4 members (excludes halogenated alkanes) is 1. The van der Waals surface area contributed by atoms with Gasteiger partial charge in [0.05, 0.1) is 11.6 Å². The molecule has 0 aromatic heterocycles. The second kappa shape index (κ2) is 4.56. The zero-order valence-electron chi connectivity index (χ0n) is 7.09. The van der Waals surface area contributed by atoms with Gasteiger partial charge in [-0.05, 0) is 24.5 Å². The summed E-state index contributed by atoms with van der Waals surface area (Å²) in [7, 11) is 0. The Morgan fingerprint density at radius 3 is 2.75 bits per heavy atom. The van der Waals surface area contributed by atoms with Crippen LogP contribution < -0.4 is 0 Å². The maximum absolute atomic E-state index is 8.75. The number of nitriles is 1. The minimum atomic E-state index is 0.797. The lowest BCUT2D eigenvalue weighted by Crippen LogP contribution is -1.88. The van der Waals surface area contributed by atoms with Crippen molar-refractivity contribution in [2.75, 3.05) is 0 Å². The minimum Gasteiger partial charge on any atom is -0.192 e. The highest BCUT2D eigenvalue weighted by Gasteiger charge is 1.98. The van der Waals surface area contributed by atoms with Crippen LogP contribution in [0.4, 0.5) is 0 Å². The summed E-state index contributed by atoms with van der Waals surface area (Å²) in [5, 5.41) is 8.75. The van der Waals surface area contributed by atoms with E-state index in [1.54, 1.807) is 0 Å². The van der Waals surface area contributed by atoms with Gasteiger partial charge in [0.15, 0.2) is 0 Å². The fraction of sp³-hybridized carbons (Fsp3) is 0.273. The molecule has 0 aliphatic carbocycles. The molecule has 0 fully saturated rings. The highest BCUT2D eigenvalue weighted by Crippen LogP contribution is 2.10. The fourth-order valence-corrected chi connectivity index (χ4v) is 1.16. The molecule has 0 N–H and O–H groups in total. The molecule has 61 valence electrons. The van der Waals surface area contributed by atoms with E-state index in [9.17, 15) is 0 Å². The zero-order valence-corrected chi connectivity index (χ0v) is 7.09. The van der Waals surface area contributed by atoms with Crippen LogP contribution in [0.1, 0.15) is 24.0 Å². The van der Waals surface area contributed by atoms with Gasteiger partial charge in [0.1, 0.15) is 0 Å². The van der Waals surface area contributed by atoms with E-state index in [1.165, 1.54) is 0 Å². The number of hydrogen-bond donors (Lipinski definition) is 0. The molecule has 0 heterocycles. The van der Waals surface area contributed by atoms with Crippen LogP contribution in [0.5, 0.6) is 0 Å². The van der Waals surface area contributed by atoms with E-state index in [0.29, 0.717) is 0 Å². The minimum absolute atomic E-state index is 0.797. The first-order chi connectivity index (χ1) is 5.88. The first-order valence-electron chi connectivity index (χ1n) is 4.15. The predicted molar refractivity (Wildman–Crippen MR) is 49.5 cm³/mol. The van der Waals surface area contributed by atoms with Crippen LogP contribution in [0.3, 0.4) is 0 Å². The quantitative estimate of drug-likeness (QED) is 0.663. The van der Waals surface area contributed by atoms with Crippen LogP contribution in [0.25, 0.3) is 0 Å². The van der Waals surface area contributed by atoms with Crippen LogP contribution in [0.15, 0.2) is 24.3 Å². The predicted octanol–water partition coefficient (Wildman–Crippen LogP) is 2.72. The monoisotopic (exact) mass is 158 g/mol. The normalized spacial score (nSPS) is 9.33. The van der Waals surface area contributed by atoms with Crippen molar-refractivity contribution in [2.24, 2.45) is 0 Å². The number of rotatable bonds is 3. The molecule has 0 amide bonds. The maximum Gasteiger partial charge on any atom is 0.0994 e. The molecule has 0 bridgehead atoms. The van der Waals surface area contributed by atoms with Crippen molar-refractivity contribution in [2.45, 2.75) is 19.3 Å². The molecule has 0 aliphatic rings. The first-order valence-corrected chi connectivity index (χ1v) is 4.15. The Bertz CT molecular complexity index is 283. The molecule has 0 spiro atoms. The maximum atomic E-state index is 8.75. The topological polar surface area (TPSA) is 23.8 Å². The Morgan fingerprint density at radius 1 is 1.33 bits per heavy atom. The van der Waals surface area contributed by atoms with E-state index < -0.39 is 0 Å². The molecule has 1 rings (SSSR count). The average Bonchev–Trinajstić information content (AvgIpc) is 2.15. The van der Waals surface area contributed by atoms with Gasteiger partial charge in [-0.15, -0.1) is 0 Å². The second-order valence-corrected chi connectivity index (χ2v) is 2.73. The third-order valence-corrected chi connectivity index (χ3v) is 1.83. The summed E-state index contributed by atoms with van der Waals surface area (Å²) in [5.74, 6) is 0. The molecule has 12 heavy (non-hydrogen) atoms. The SMILES string of the molecule is [CH2]CCCc1ccccc1C#N. The Hall–Kier alpha value is -1.29. The van der Waals surface area contributed by atoms with Crippen molar-refractivity contribution in [3.8, 4) is 6.07 Å². The molecule has 1 heteroatoms. The Morgan fingerprint density at radius 2 is 2.08 bits per heavy atom. The molecule has 1 nitrogen and oxygen atoms in total. The van der Waals surface area contributed by atoms with E-state index in [4.69, 9.17) is 5.26 Å². The molecular weight excluding hydrogens is 146 g/mol. The van der Waals surface area contributed by atoms with Gasteiger partial charge < -0.3 is 0 Å². The van der Waals surface area contributed by atoms with Gasteiger partial charge in [-0.25, -0.2) is 0 Å². The summed E-state index contributed by atoms with van der Waals surface area (Å²) in [5.41, 5.74) is 1.94. The molecule has 1 aromatic rings. The molecule has 1 aromatic carbocycles. The first kappa shape index (κ1) is 8.80. The van der Waals surface area contributed by atoms with Gasteiger partial charge in [0.25, 0.3) is 0 Å². The van der Waals surface area contributed by atoms with Crippen LogP contribution in [0, 0.1) is 18.3 Å². The van der Waals surface area contributed by atoms with Gasteiger partial charge in [-0.1, -0.05) is 31.5 Å². The Balaban J connectivity index is 2.77. The highest BCUT2D eigenvalue weighted by molar-refractivity contribution is 5.37. The number of nitrogens with zero attached hydrogens (tertiary/aromatic N) is 1. The summed E-state index contributed by atoms with van der Waals surface area (Å²) in [6.07, 6.45) is 2.95. The molecule has 1 radical (unpaired) electrons. The second-order valence-electron chi connectivity index (χ2n) is 2.73. The van der Waals surface area contributed by atoms with Crippen molar-refractivity contribution in [1.29, 1.82) is 5.26 Å². The standard InChI is InChI=1S/C11H12N/c1-2-3-6-10-7-4-5-8-11(10)9-12/h4-5,7-8H,1-3,6H2. The summed E-state index contributed by atoms with van der Waals surface area (Å²) in [6, 6.07) is 9.92. The van der Waals surface area contributed by atoms with Gasteiger partial charge in [-0.2, -0.15) is 5.26 Å². The molecule has 0 saturated heterocycles. The molecule has 0 aliphatic heterocycles. The summed E-state index contributed by atoms with van der Waals surface area (Å²) in [6.45, 7) is 3.77. The Labute approximate surface area is 73.6 Å². The average molecular weight is 158 g/mol. The molecule has 0 atom stereocenters. The van der Waals surface area contributed by atoms with E-state index in [0.717, 1.165) is 30.4 Å². The van der Waals surface area contributed by atoms with Crippen molar-refractivity contribution in [3.05, 3.63) is 42.3 Å². The van der Waals surface area contributed by atoms with Crippen LogP contribution in [0.2, 0.25) is 0 Å². The zero-order chi connectivity index (χ0) is 8.81.